The van der Waals surface area contributed by atoms with Gasteiger partial charge in [-0.2, -0.15) is 0 Å². The summed E-state index contributed by atoms with van der Waals surface area (Å²) >= 11 is 0. The maximum Gasteiger partial charge on any atom is 0.347 e. The molecule has 2 aromatic heterocycles. The van der Waals surface area contributed by atoms with E-state index in [1.54, 1.807) is 30.5 Å². The van der Waals surface area contributed by atoms with Crippen LogP contribution in [0.15, 0.2) is 76.1 Å². The minimum absolute atomic E-state index is 0.00760. The van der Waals surface area contributed by atoms with Gasteiger partial charge in [0.2, 0.25) is 0 Å². The van der Waals surface area contributed by atoms with Gasteiger partial charge < -0.3 is 4.42 Å². The Morgan fingerprint density at radius 2 is 1.80 bits per heavy atom. The van der Waals surface area contributed by atoms with Gasteiger partial charge in [0.05, 0.1) is 11.9 Å². The van der Waals surface area contributed by atoms with E-state index in [1.807, 2.05) is 36.4 Å². The molecule has 2 aromatic carbocycles. The fraction of sp³-hybridized carbons (Fsp3) is 0.0526. The SMILES string of the molecule is O=C(Cn1nncc1-c1ccccc1)c1cc2ccccc2oc1=O. The van der Waals surface area contributed by atoms with Crippen LogP contribution in [0, 0.1) is 0 Å². The molecule has 0 saturated heterocycles. The highest BCUT2D eigenvalue weighted by Gasteiger charge is 2.17. The maximum atomic E-state index is 12.6. The molecule has 4 rings (SSSR count). The fourth-order valence-corrected chi connectivity index (χ4v) is 2.68. The fourth-order valence-electron chi connectivity index (χ4n) is 2.68. The highest BCUT2D eigenvalue weighted by molar-refractivity contribution is 5.98. The third-order valence-corrected chi connectivity index (χ3v) is 3.92. The van der Waals surface area contributed by atoms with Gasteiger partial charge in [-0.3, -0.25) is 4.79 Å². The number of benzene rings is 2. The van der Waals surface area contributed by atoms with Crippen molar-refractivity contribution >= 4 is 16.8 Å². The largest absolute Gasteiger partial charge is 0.422 e. The molecule has 4 aromatic rings. The van der Waals surface area contributed by atoms with E-state index in [1.165, 1.54) is 4.68 Å². The van der Waals surface area contributed by atoms with E-state index < -0.39 is 5.63 Å². The van der Waals surface area contributed by atoms with Crippen LogP contribution in [0.1, 0.15) is 10.4 Å². The number of fused-ring (bicyclic) bond motifs is 1. The minimum atomic E-state index is -0.648. The molecule has 0 amide bonds. The lowest BCUT2D eigenvalue weighted by molar-refractivity contribution is 0.0964. The molecule has 0 aliphatic rings. The zero-order valence-electron chi connectivity index (χ0n) is 13.1. The zero-order valence-corrected chi connectivity index (χ0v) is 13.1. The summed E-state index contributed by atoms with van der Waals surface area (Å²) in [4.78, 5) is 24.7. The second-order valence-corrected chi connectivity index (χ2v) is 5.55. The number of carbonyl (C=O) groups excluding carboxylic acids is 1. The van der Waals surface area contributed by atoms with Crippen LogP contribution in [0.5, 0.6) is 0 Å². The second kappa shape index (κ2) is 6.16. The third-order valence-electron chi connectivity index (χ3n) is 3.92. The Labute approximate surface area is 142 Å². The Bertz CT molecular complexity index is 1110. The first-order valence-electron chi connectivity index (χ1n) is 7.72. The summed E-state index contributed by atoms with van der Waals surface area (Å²) in [5.74, 6) is -0.373. The van der Waals surface area contributed by atoms with Gasteiger partial charge >= 0.3 is 5.63 Å². The highest BCUT2D eigenvalue weighted by atomic mass is 16.4. The first kappa shape index (κ1) is 15.0. The number of Topliss-reactive ketones (excluding diaryl/α,β-unsaturated/α-hetero) is 1. The van der Waals surface area contributed by atoms with Crippen molar-refractivity contribution < 1.29 is 9.21 Å². The Morgan fingerprint density at radius 3 is 2.64 bits per heavy atom. The van der Waals surface area contributed by atoms with Gasteiger partial charge in [0.15, 0.2) is 5.78 Å². The average Bonchev–Trinajstić information content (AvgIpc) is 3.10. The quantitative estimate of drug-likeness (QED) is 0.424. The number of carbonyl (C=O) groups is 1. The number of rotatable bonds is 4. The monoisotopic (exact) mass is 331 g/mol. The topological polar surface area (TPSA) is 78.0 Å². The molecule has 0 spiro atoms. The van der Waals surface area contributed by atoms with Gasteiger partial charge in [-0.15, -0.1) is 5.10 Å². The number of nitrogens with zero attached hydrogens (tertiary/aromatic N) is 3. The van der Waals surface area contributed by atoms with Gasteiger partial charge in [0.1, 0.15) is 17.7 Å². The zero-order chi connectivity index (χ0) is 17.2. The van der Waals surface area contributed by atoms with Crippen molar-refractivity contribution in [1.29, 1.82) is 0 Å². The van der Waals surface area contributed by atoms with Gasteiger partial charge in [0.25, 0.3) is 0 Å². The van der Waals surface area contributed by atoms with Crippen LogP contribution in [0.3, 0.4) is 0 Å². The Morgan fingerprint density at radius 1 is 1.04 bits per heavy atom. The molecule has 0 saturated carbocycles. The summed E-state index contributed by atoms with van der Waals surface area (Å²) in [6.45, 7) is -0.0900. The van der Waals surface area contributed by atoms with Crippen molar-refractivity contribution in [2.24, 2.45) is 0 Å². The average molecular weight is 331 g/mol. The van der Waals surface area contributed by atoms with Crippen molar-refractivity contribution in [1.82, 2.24) is 15.0 Å². The molecule has 25 heavy (non-hydrogen) atoms. The van der Waals surface area contributed by atoms with Crippen LogP contribution in [0.25, 0.3) is 22.2 Å². The number of para-hydroxylation sites is 1. The summed E-state index contributed by atoms with van der Waals surface area (Å²) < 4.78 is 6.70. The predicted octanol–water partition coefficient (Wildman–Crippen LogP) is 2.93. The molecule has 0 aliphatic heterocycles. The number of aromatic nitrogens is 3. The van der Waals surface area contributed by atoms with Crippen LogP contribution >= 0.6 is 0 Å². The number of hydrogen-bond donors (Lipinski definition) is 0. The summed E-state index contributed by atoms with van der Waals surface area (Å²) in [7, 11) is 0. The Hall–Kier alpha value is -3.54. The normalized spacial score (nSPS) is 10.9. The van der Waals surface area contributed by atoms with Gasteiger partial charge in [0, 0.05) is 10.9 Å². The predicted molar refractivity (Wildman–Crippen MR) is 92.3 cm³/mol. The minimum Gasteiger partial charge on any atom is -0.422 e. The highest BCUT2D eigenvalue weighted by Crippen LogP contribution is 2.18. The molecule has 122 valence electrons. The molecule has 0 atom stereocenters. The van der Waals surface area contributed by atoms with Crippen molar-refractivity contribution in [2.75, 3.05) is 0 Å². The molecule has 6 nitrogen and oxygen atoms in total. The van der Waals surface area contributed by atoms with Gasteiger partial charge in [-0.05, 0) is 12.1 Å². The molecule has 0 aliphatic carbocycles. The molecule has 0 fully saturated rings. The van der Waals surface area contributed by atoms with Crippen molar-refractivity contribution in [3.63, 3.8) is 0 Å². The van der Waals surface area contributed by atoms with Gasteiger partial charge in [-0.1, -0.05) is 53.7 Å². The van der Waals surface area contributed by atoms with E-state index in [4.69, 9.17) is 4.42 Å². The molecule has 6 heteroatoms. The van der Waals surface area contributed by atoms with Crippen LogP contribution < -0.4 is 5.63 Å². The Kier molecular flexibility index (Phi) is 3.70. The van der Waals surface area contributed by atoms with E-state index in [9.17, 15) is 9.59 Å². The lowest BCUT2D eigenvalue weighted by Crippen LogP contribution is -2.19. The first-order chi connectivity index (χ1) is 12.2. The van der Waals surface area contributed by atoms with E-state index >= 15 is 0 Å². The van der Waals surface area contributed by atoms with Crippen LogP contribution in [0.2, 0.25) is 0 Å². The van der Waals surface area contributed by atoms with Crippen molar-refractivity contribution in [2.45, 2.75) is 6.54 Å². The van der Waals surface area contributed by atoms with Crippen LogP contribution in [-0.2, 0) is 6.54 Å². The van der Waals surface area contributed by atoms with E-state index in [-0.39, 0.29) is 17.9 Å². The summed E-state index contributed by atoms with van der Waals surface area (Å²) in [5, 5.41) is 8.54. The third kappa shape index (κ3) is 2.85. The second-order valence-electron chi connectivity index (χ2n) is 5.55. The van der Waals surface area contributed by atoms with E-state index in [2.05, 4.69) is 10.3 Å². The summed E-state index contributed by atoms with van der Waals surface area (Å²) in [6.07, 6.45) is 1.59. The van der Waals surface area contributed by atoms with Crippen molar-refractivity contribution in [3.8, 4) is 11.3 Å². The summed E-state index contributed by atoms with van der Waals surface area (Å²) in [5.41, 5.74) is 1.41. The van der Waals surface area contributed by atoms with Crippen LogP contribution in [0.4, 0.5) is 0 Å². The molecule has 2 heterocycles. The van der Waals surface area contributed by atoms with E-state index in [0.29, 0.717) is 16.7 Å². The smallest absolute Gasteiger partial charge is 0.347 e. The van der Waals surface area contributed by atoms with Crippen molar-refractivity contribution in [3.05, 3.63) is 82.8 Å². The van der Waals surface area contributed by atoms with E-state index in [0.717, 1.165) is 5.56 Å². The molecule has 0 radical (unpaired) electrons. The molecule has 0 bridgehead atoms. The van der Waals surface area contributed by atoms with Crippen LogP contribution in [-0.4, -0.2) is 20.8 Å². The standard InChI is InChI=1S/C19H13N3O3/c23-17(15-10-14-8-4-5-9-18(14)25-19(15)24)12-22-16(11-20-21-22)13-6-2-1-3-7-13/h1-11H,12H2. The molecular formula is C19H13N3O3. The number of ketones is 1. The first-order valence-corrected chi connectivity index (χ1v) is 7.72. The molecule has 0 N–H and O–H groups in total. The number of hydrogen-bond acceptors (Lipinski definition) is 5. The lowest BCUT2D eigenvalue weighted by Gasteiger charge is -2.06. The lowest BCUT2D eigenvalue weighted by atomic mass is 10.1. The summed E-state index contributed by atoms with van der Waals surface area (Å²) in [6, 6.07) is 18.1. The Balaban J connectivity index is 1.69. The van der Waals surface area contributed by atoms with Gasteiger partial charge in [-0.25, -0.2) is 9.48 Å². The maximum absolute atomic E-state index is 12.6. The molecular weight excluding hydrogens is 318 g/mol. The molecule has 0 unspecified atom stereocenters.